The topological polar surface area (TPSA) is 44.3 Å². The van der Waals surface area contributed by atoms with Crippen LogP contribution < -0.4 is 10.2 Å². The third kappa shape index (κ3) is 4.49. The zero-order valence-corrected chi connectivity index (χ0v) is 12.2. The zero-order valence-electron chi connectivity index (χ0n) is 12.2. The summed E-state index contributed by atoms with van der Waals surface area (Å²) in [7, 11) is 8.16. The van der Waals surface area contributed by atoms with Gasteiger partial charge in [0.15, 0.2) is 0 Å². The van der Waals surface area contributed by atoms with E-state index < -0.39 is 0 Å². The maximum absolute atomic E-state index is 4.56. The van der Waals surface area contributed by atoms with Crippen LogP contribution in [0.25, 0.3) is 0 Å². The molecule has 5 heteroatoms. The molecular weight excluding hydrogens is 226 g/mol. The molecule has 0 saturated heterocycles. The second kappa shape index (κ2) is 7.16. The molecule has 0 fully saturated rings. The van der Waals surface area contributed by atoms with Crippen molar-refractivity contribution in [2.45, 2.75) is 19.8 Å². The van der Waals surface area contributed by atoms with E-state index in [0.29, 0.717) is 0 Å². The third-order valence-corrected chi connectivity index (χ3v) is 2.82. The molecule has 1 heterocycles. The molecule has 18 heavy (non-hydrogen) atoms. The number of nitrogens with one attached hydrogen (secondary N) is 1. The summed E-state index contributed by atoms with van der Waals surface area (Å²) < 4.78 is 0. The Bertz CT molecular complexity index is 342. The van der Waals surface area contributed by atoms with Crippen LogP contribution in [0.2, 0.25) is 0 Å². The molecule has 5 nitrogen and oxygen atoms in total. The monoisotopic (exact) mass is 251 g/mol. The first-order valence-corrected chi connectivity index (χ1v) is 6.48. The van der Waals surface area contributed by atoms with Gasteiger partial charge in [0.2, 0.25) is 0 Å². The van der Waals surface area contributed by atoms with E-state index in [4.69, 9.17) is 0 Å². The summed E-state index contributed by atoms with van der Waals surface area (Å²) in [6.07, 6.45) is 1.98. The van der Waals surface area contributed by atoms with E-state index in [1.807, 2.05) is 13.1 Å². The molecular formula is C13H25N5. The molecule has 0 aliphatic carbocycles. The van der Waals surface area contributed by atoms with E-state index in [9.17, 15) is 0 Å². The smallest absolute Gasteiger partial charge is 0.134 e. The lowest BCUT2D eigenvalue weighted by Gasteiger charge is -2.20. The van der Waals surface area contributed by atoms with Crippen molar-refractivity contribution in [1.29, 1.82) is 0 Å². The fourth-order valence-electron chi connectivity index (χ4n) is 1.70. The fraction of sp³-hybridized carbons (Fsp3) is 0.692. The Morgan fingerprint density at radius 3 is 2.44 bits per heavy atom. The normalized spacial score (nSPS) is 10.8. The Labute approximate surface area is 110 Å². The number of aryl methyl sites for hydroxylation is 1. The maximum atomic E-state index is 4.56. The minimum absolute atomic E-state index is 0.855. The first-order valence-electron chi connectivity index (χ1n) is 6.48. The summed E-state index contributed by atoms with van der Waals surface area (Å²) in [6.45, 7) is 4.17. The van der Waals surface area contributed by atoms with Gasteiger partial charge in [-0.3, -0.25) is 0 Å². The van der Waals surface area contributed by atoms with Gasteiger partial charge in [-0.05, 0) is 27.1 Å². The lowest BCUT2D eigenvalue weighted by molar-refractivity contribution is 0.401. The molecule has 1 N–H and O–H groups in total. The van der Waals surface area contributed by atoms with Crippen molar-refractivity contribution in [3.05, 3.63) is 11.9 Å². The molecule has 0 radical (unpaired) electrons. The van der Waals surface area contributed by atoms with Crippen LogP contribution >= 0.6 is 0 Å². The van der Waals surface area contributed by atoms with E-state index in [2.05, 4.69) is 53.2 Å². The second-order valence-electron chi connectivity index (χ2n) is 4.71. The molecule has 1 aromatic rings. The van der Waals surface area contributed by atoms with Gasteiger partial charge in [-0.25, -0.2) is 9.97 Å². The Morgan fingerprint density at radius 1 is 1.17 bits per heavy atom. The van der Waals surface area contributed by atoms with Crippen LogP contribution in [0.1, 0.15) is 19.2 Å². The first kappa shape index (κ1) is 14.7. The molecule has 0 aliphatic heterocycles. The Hall–Kier alpha value is -1.36. The molecule has 0 aliphatic rings. The summed E-state index contributed by atoms with van der Waals surface area (Å²) in [5.74, 6) is 2.76. The van der Waals surface area contributed by atoms with Crippen molar-refractivity contribution >= 4 is 11.6 Å². The van der Waals surface area contributed by atoms with Crippen molar-refractivity contribution in [3.8, 4) is 0 Å². The minimum Gasteiger partial charge on any atom is -0.373 e. The highest BCUT2D eigenvalue weighted by Gasteiger charge is 2.07. The van der Waals surface area contributed by atoms with Crippen LogP contribution in [-0.4, -0.2) is 56.1 Å². The standard InChI is InChI=1S/C13H25N5/c1-6-11-15-12(14-2)10-13(16-11)18(5)9-7-8-17(3)4/h10H,6-9H2,1-5H3,(H,14,15,16). The Morgan fingerprint density at radius 2 is 1.89 bits per heavy atom. The number of rotatable bonds is 7. The Kier molecular flexibility index (Phi) is 5.85. The lowest BCUT2D eigenvalue weighted by Crippen LogP contribution is -2.24. The van der Waals surface area contributed by atoms with Gasteiger partial charge in [0.05, 0.1) is 0 Å². The number of anilines is 2. The molecule has 102 valence electrons. The molecule has 1 rings (SSSR count). The third-order valence-electron chi connectivity index (χ3n) is 2.82. The lowest BCUT2D eigenvalue weighted by atomic mass is 10.3. The van der Waals surface area contributed by atoms with Crippen LogP contribution in [-0.2, 0) is 6.42 Å². The number of aromatic nitrogens is 2. The molecule has 0 unspecified atom stereocenters. The predicted molar refractivity (Wildman–Crippen MR) is 77.4 cm³/mol. The van der Waals surface area contributed by atoms with Gasteiger partial charge in [0, 0.05) is 33.1 Å². The van der Waals surface area contributed by atoms with Gasteiger partial charge in [-0.1, -0.05) is 6.92 Å². The molecule has 0 saturated carbocycles. The predicted octanol–water partition coefficient (Wildman–Crippen LogP) is 1.47. The summed E-state index contributed by atoms with van der Waals surface area (Å²) in [6, 6.07) is 1.99. The summed E-state index contributed by atoms with van der Waals surface area (Å²) in [4.78, 5) is 13.3. The second-order valence-corrected chi connectivity index (χ2v) is 4.71. The highest BCUT2D eigenvalue weighted by Crippen LogP contribution is 2.15. The molecule has 0 amide bonds. The van der Waals surface area contributed by atoms with Crippen molar-refractivity contribution < 1.29 is 0 Å². The van der Waals surface area contributed by atoms with E-state index in [-0.39, 0.29) is 0 Å². The average molecular weight is 251 g/mol. The minimum atomic E-state index is 0.855. The largest absolute Gasteiger partial charge is 0.373 e. The van der Waals surface area contributed by atoms with Crippen LogP contribution in [0.5, 0.6) is 0 Å². The van der Waals surface area contributed by atoms with Crippen LogP contribution in [0.4, 0.5) is 11.6 Å². The molecule has 1 aromatic heterocycles. The highest BCUT2D eigenvalue weighted by molar-refractivity contribution is 5.48. The summed E-state index contributed by atoms with van der Waals surface area (Å²) >= 11 is 0. The number of hydrogen-bond acceptors (Lipinski definition) is 5. The van der Waals surface area contributed by atoms with E-state index >= 15 is 0 Å². The molecule has 0 spiro atoms. The van der Waals surface area contributed by atoms with Crippen LogP contribution in [0, 0.1) is 0 Å². The number of hydrogen-bond donors (Lipinski definition) is 1. The Balaban J connectivity index is 2.68. The first-order chi connectivity index (χ1) is 8.56. The van der Waals surface area contributed by atoms with Gasteiger partial charge < -0.3 is 15.1 Å². The van der Waals surface area contributed by atoms with Gasteiger partial charge in [0.1, 0.15) is 17.5 Å². The van der Waals surface area contributed by atoms with Gasteiger partial charge in [-0.2, -0.15) is 0 Å². The van der Waals surface area contributed by atoms with Crippen molar-refractivity contribution in [2.24, 2.45) is 0 Å². The summed E-state index contributed by atoms with van der Waals surface area (Å²) in [5.41, 5.74) is 0. The van der Waals surface area contributed by atoms with Crippen LogP contribution in [0.3, 0.4) is 0 Å². The van der Waals surface area contributed by atoms with E-state index in [1.54, 1.807) is 0 Å². The molecule has 0 aromatic carbocycles. The van der Waals surface area contributed by atoms with Gasteiger partial charge in [0.25, 0.3) is 0 Å². The fourth-order valence-corrected chi connectivity index (χ4v) is 1.70. The van der Waals surface area contributed by atoms with E-state index in [1.165, 1.54) is 0 Å². The quantitative estimate of drug-likeness (QED) is 0.795. The maximum Gasteiger partial charge on any atom is 0.134 e. The van der Waals surface area contributed by atoms with Gasteiger partial charge >= 0.3 is 0 Å². The van der Waals surface area contributed by atoms with Crippen molar-refractivity contribution in [2.75, 3.05) is 51.5 Å². The van der Waals surface area contributed by atoms with Crippen molar-refractivity contribution in [1.82, 2.24) is 14.9 Å². The highest BCUT2D eigenvalue weighted by atomic mass is 15.2. The SMILES string of the molecule is CCc1nc(NC)cc(N(C)CCCN(C)C)n1. The van der Waals surface area contributed by atoms with E-state index in [0.717, 1.165) is 43.4 Å². The number of nitrogens with zero attached hydrogens (tertiary/aromatic N) is 4. The molecule has 0 bridgehead atoms. The van der Waals surface area contributed by atoms with Crippen molar-refractivity contribution in [3.63, 3.8) is 0 Å². The average Bonchev–Trinajstić information content (AvgIpc) is 2.37. The molecule has 0 atom stereocenters. The van der Waals surface area contributed by atoms with Crippen LogP contribution in [0.15, 0.2) is 6.07 Å². The zero-order chi connectivity index (χ0) is 13.5. The summed E-state index contributed by atoms with van der Waals surface area (Å²) in [5, 5.41) is 3.09. The van der Waals surface area contributed by atoms with Gasteiger partial charge in [-0.15, -0.1) is 0 Å².